The van der Waals surface area contributed by atoms with Gasteiger partial charge >= 0.3 is 0 Å². The molecular formula is C8H11N3O. The molecule has 1 aromatic rings. The lowest BCUT2D eigenvalue weighted by Crippen LogP contribution is -2.18. The van der Waals surface area contributed by atoms with Crippen molar-refractivity contribution in [3.8, 4) is 0 Å². The molecule has 0 bridgehead atoms. The van der Waals surface area contributed by atoms with E-state index in [1.807, 2.05) is 6.92 Å². The van der Waals surface area contributed by atoms with Crippen LogP contribution in [-0.2, 0) is 13.0 Å². The number of hydrogen-bond donors (Lipinski definition) is 1. The Labute approximate surface area is 70.2 Å². The fraction of sp³-hybridized carbons (Fsp3) is 0.500. The van der Waals surface area contributed by atoms with E-state index in [1.165, 1.54) is 0 Å². The molecular weight excluding hydrogens is 154 g/mol. The van der Waals surface area contributed by atoms with Crippen molar-refractivity contribution in [1.29, 1.82) is 0 Å². The number of aromatic nitrogens is 2. The summed E-state index contributed by atoms with van der Waals surface area (Å²) in [5, 5.41) is 3.07. The number of nitrogens with one attached hydrogen (secondary N) is 1. The summed E-state index contributed by atoms with van der Waals surface area (Å²) in [5.41, 5.74) is 0.919. The van der Waals surface area contributed by atoms with Gasteiger partial charge in [0.15, 0.2) is 0 Å². The van der Waals surface area contributed by atoms with Gasteiger partial charge in [0.05, 0.1) is 0 Å². The van der Waals surface area contributed by atoms with Gasteiger partial charge in [-0.05, 0) is 6.42 Å². The van der Waals surface area contributed by atoms with E-state index >= 15 is 0 Å². The zero-order chi connectivity index (χ0) is 8.55. The Kier molecular flexibility index (Phi) is 1.60. The highest BCUT2D eigenvalue weighted by Crippen LogP contribution is 2.07. The molecule has 0 aliphatic carbocycles. The Morgan fingerprint density at radius 3 is 3.33 bits per heavy atom. The van der Waals surface area contributed by atoms with Gasteiger partial charge in [-0.25, -0.2) is 4.98 Å². The van der Waals surface area contributed by atoms with E-state index in [0.717, 1.165) is 31.2 Å². The van der Waals surface area contributed by atoms with Crippen LogP contribution < -0.4 is 10.9 Å². The van der Waals surface area contributed by atoms with Gasteiger partial charge in [-0.1, -0.05) is 6.92 Å². The molecule has 4 heteroatoms. The summed E-state index contributed by atoms with van der Waals surface area (Å²) < 4.78 is 1.67. The first-order valence-electron chi connectivity index (χ1n) is 4.16. The number of hydrogen-bond acceptors (Lipinski definition) is 3. The molecule has 2 heterocycles. The Morgan fingerprint density at radius 1 is 1.75 bits per heavy atom. The largest absolute Gasteiger partial charge is 0.354 e. The molecule has 4 nitrogen and oxygen atoms in total. The molecule has 1 N–H and O–H groups in total. The van der Waals surface area contributed by atoms with Crippen LogP contribution in [0.2, 0.25) is 0 Å². The topological polar surface area (TPSA) is 46.9 Å². The van der Waals surface area contributed by atoms with Crippen molar-refractivity contribution in [3.63, 3.8) is 0 Å². The predicted molar refractivity (Wildman–Crippen MR) is 46.4 cm³/mol. The molecule has 1 aliphatic heterocycles. The van der Waals surface area contributed by atoms with Gasteiger partial charge in [0, 0.05) is 24.8 Å². The van der Waals surface area contributed by atoms with Crippen LogP contribution in [0.15, 0.2) is 10.9 Å². The van der Waals surface area contributed by atoms with Crippen molar-refractivity contribution in [2.45, 2.75) is 19.9 Å². The minimum Gasteiger partial charge on any atom is -0.354 e. The van der Waals surface area contributed by atoms with Crippen LogP contribution in [0.3, 0.4) is 0 Å². The van der Waals surface area contributed by atoms with E-state index < -0.39 is 0 Å². The lowest BCUT2D eigenvalue weighted by Gasteiger charge is -2.01. The molecule has 0 atom stereocenters. The second-order valence-corrected chi connectivity index (χ2v) is 2.84. The molecule has 0 spiro atoms. The molecule has 0 radical (unpaired) electrons. The van der Waals surface area contributed by atoms with Crippen LogP contribution >= 0.6 is 0 Å². The van der Waals surface area contributed by atoms with E-state index in [0.29, 0.717) is 0 Å². The first kappa shape index (κ1) is 7.34. The summed E-state index contributed by atoms with van der Waals surface area (Å²) >= 11 is 0. The molecule has 0 saturated heterocycles. The van der Waals surface area contributed by atoms with Crippen molar-refractivity contribution in [2.24, 2.45) is 0 Å². The zero-order valence-electron chi connectivity index (χ0n) is 7.00. The maximum atomic E-state index is 11.4. The molecule has 0 amide bonds. The van der Waals surface area contributed by atoms with Crippen molar-refractivity contribution in [2.75, 3.05) is 11.9 Å². The smallest absolute Gasteiger partial charge is 0.255 e. The Bertz CT molecular complexity index is 356. The molecule has 0 fully saturated rings. The maximum Gasteiger partial charge on any atom is 0.255 e. The fourth-order valence-electron chi connectivity index (χ4n) is 1.37. The molecule has 0 saturated carbocycles. The first-order valence-corrected chi connectivity index (χ1v) is 4.16. The van der Waals surface area contributed by atoms with Crippen LogP contribution in [0, 0.1) is 0 Å². The summed E-state index contributed by atoms with van der Waals surface area (Å²) in [6, 6.07) is 1.61. The third-order valence-electron chi connectivity index (χ3n) is 2.04. The van der Waals surface area contributed by atoms with Crippen LogP contribution in [0.5, 0.6) is 0 Å². The highest BCUT2D eigenvalue weighted by atomic mass is 16.1. The molecule has 0 aromatic carbocycles. The summed E-state index contributed by atoms with van der Waals surface area (Å²) in [6.45, 7) is 3.55. The highest BCUT2D eigenvalue weighted by Gasteiger charge is 2.12. The number of rotatable bonds is 1. The predicted octanol–water partition coefficient (Wildman–Crippen LogP) is 0.231. The number of nitrogens with zero attached hydrogens (tertiary/aromatic N) is 2. The maximum absolute atomic E-state index is 11.4. The second kappa shape index (κ2) is 2.62. The van der Waals surface area contributed by atoms with Crippen molar-refractivity contribution < 1.29 is 0 Å². The molecule has 12 heavy (non-hydrogen) atoms. The van der Waals surface area contributed by atoms with Crippen LogP contribution in [0.1, 0.15) is 12.6 Å². The van der Waals surface area contributed by atoms with Gasteiger partial charge < -0.3 is 5.32 Å². The van der Waals surface area contributed by atoms with E-state index in [9.17, 15) is 4.79 Å². The van der Waals surface area contributed by atoms with Gasteiger partial charge in [0.2, 0.25) is 5.95 Å². The molecule has 1 aliphatic rings. The molecule has 0 unspecified atom stereocenters. The Hall–Kier alpha value is -1.32. The highest BCUT2D eigenvalue weighted by molar-refractivity contribution is 5.30. The normalized spacial score (nSPS) is 14.1. The van der Waals surface area contributed by atoms with Gasteiger partial charge in [0.1, 0.15) is 0 Å². The first-order chi connectivity index (χ1) is 5.81. The monoisotopic (exact) mass is 165 g/mol. The molecule has 1 aromatic heterocycles. The minimum atomic E-state index is 0.0573. The average Bonchev–Trinajstić information content (AvgIpc) is 2.52. The van der Waals surface area contributed by atoms with Gasteiger partial charge in [-0.3, -0.25) is 9.36 Å². The minimum absolute atomic E-state index is 0.0573. The van der Waals surface area contributed by atoms with Crippen LogP contribution in [-0.4, -0.2) is 16.1 Å². The van der Waals surface area contributed by atoms with Gasteiger partial charge in [0.25, 0.3) is 5.56 Å². The summed E-state index contributed by atoms with van der Waals surface area (Å²) in [6.07, 6.45) is 0.810. The summed E-state index contributed by atoms with van der Waals surface area (Å²) in [7, 11) is 0. The lowest BCUT2D eigenvalue weighted by atomic mass is 10.3. The Balaban J connectivity index is 2.59. The standard InChI is InChI=1S/C8H11N3O/c1-2-6-5-7(12)11-4-3-9-8(11)10-6/h5H,2-4H2,1H3,(H,9,10). The van der Waals surface area contributed by atoms with Gasteiger partial charge in [-0.2, -0.15) is 0 Å². The third-order valence-corrected chi connectivity index (χ3v) is 2.04. The van der Waals surface area contributed by atoms with Crippen molar-refractivity contribution >= 4 is 5.95 Å². The average molecular weight is 165 g/mol. The second-order valence-electron chi connectivity index (χ2n) is 2.84. The molecule has 64 valence electrons. The number of aryl methyl sites for hydroxylation is 1. The van der Waals surface area contributed by atoms with Crippen molar-refractivity contribution in [3.05, 3.63) is 22.1 Å². The Morgan fingerprint density at radius 2 is 2.58 bits per heavy atom. The van der Waals surface area contributed by atoms with Gasteiger partial charge in [-0.15, -0.1) is 0 Å². The van der Waals surface area contributed by atoms with Crippen LogP contribution in [0.25, 0.3) is 0 Å². The lowest BCUT2D eigenvalue weighted by molar-refractivity contribution is 0.753. The van der Waals surface area contributed by atoms with E-state index in [-0.39, 0.29) is 5.56 Å². The zero-order valence-corrected chi connectivity index (χ0v) is 7.00. The number of anilines is 1. The SMILES string of the molecule is CCc1cc(=O)n2c(n1)NCC2. The van der Waals surface area contributed by atoms with Crippen molar-refractivity contribution in [1.82, 2.24) is 9.55 Å². The van der Waals surface area contributed by atoms with E-state index in [1.54, 1.807) is 10.6 Å². The summed E-state index contributed by atoms with van der Waals surface area (Å²) in [5.74, 6) is 0.722. The van der Waals surface area contributed by atoms with Crippen LogP contribution in [0.4, 0.5) is 5.95 Å². The quantitative estimate of drug-likeness (QED) is 0.648. The molecule has 2 rings (SSSR count). The summed E-state index contributed by atoms with van der Waals surface area (Å²) in [4.78, 5) is 15.7. The van der Waals surface area contributed by atoms with E-state index in [2.05, 4.69) is 10.3 Å². The van der Waals surface area contributed by atoms with E-state index in [4.69, 9.17) is 0 Å². The third kappa shape index (κ3) is 0.995. The number of fused-ring (bicyclic) bond motifs is 1. The fourth-order valence-corrected chi connectivity index (χ4v) is 1.37.